The number of halogens is 1. The fraction of sp³-hybridized carbons (Fsp3) is 0.0625. The van der Waals surface area contributed by atoms with Crippen LogP contribution in [0.4, 0.5) is 0 Å². The van der Waals surface area contributed by atoms with E-state index in [9.17, 15) is 9.90 Å². The number of ketones is 1. The molecule has 1 aliphatic rings. The van der Waals surface area contributed by atoms with Gasteiger partial charge < -0.3 is 5.11 Å². The predicted molar refractivity (Wildman–Crippen MR) is 78.3 cm³/mol. The normalized spacial score (nSPS) is 15.8. The molecule has 0 saturated carbocycles. The molecule has 0 bridgehead atoms. The van der Waals surface area contributed by atoms with Gasteiger partial charge in [0.2, 0.25) is 0 Å². The number of allylic oxidation sites excluding steroid dienone is 1. The van der Waals surface area contributed by atoms with Crippen molar-refractivity contribution in [1.82, 2.24) is 0 Å². The summed E-state index contributed by atoms with van der Waals surface area (Å²) in [6.45, 7) is 0. The third-order valence-corrected chi connectivity index (χ3v) is 4.01. The van der Waals surface area contributed by atoms with Crippen molar-refractivity contribution in [1.29, 1.82) is 0 Å². The summed E-state index contributed by atoms with van der Waals surface area (Å²) in [6.07, 6.45) is 2.37. The van der Waals surface area contributed by atoms with Gasteiger partial charge in [0.15, 0.2) is 5.78 Å². The maximum Gasteiger partial charge on any atom is 0.189 e. The molecule has 94 valence electrons. The lowest BCUT2D eigenvalue weighted by Gasteiger charge is -1.99. The summed E-state index contributed by atoms with van der Waals surface area (Å²) in [6, 6.07) is 12.8. The molecule has 0 aromatic heterocycles. The van der Waals surface area contributed by atoms with Crippen LogP contribution in [0.15, 0.2) is 52.5 Å². The fourth-order valence-electron chi connectivity index (χ4n) is 2.31. The average Bonchev–Trinajstić information content (AvgIpc) is 2.72. The Balaban J connectivity index is 2.05. The Hall–Kier alpha value is -1.87. The van der Waals surface area contributed by atoms with E-state index in [0.717, 1.165) is 15.6 Å². The molecule has 0 radical (unpaired) electrons. The SMILES string of the molecule is O=C1/C(=C/c2ccccc2Br)Cc2c(O)cccc21. The van der Waals surface area contributed by atoms with Gasteiger partial charge in [0, 0.05) is 27.6 Å². The minimum Gasteiger partial charge on any atom is -0.508 e. The van der Waals surface area contributed by atoms with E-state index in [1.165, 1.54) is 0 Å². The molecule has 0 aliphatic heterocycles. The summed E-state index contributed by atoms with van der Waals surface area (Å²) >= 11 is 3.47. The van der Waals surface area contributed by atoms with E-state index in [4.69, 9.17) is 0 Å². The van der Waals surface area contributed by atoms with E-state index in [0.29, 0.717) is 17.6 Å². The van der Waals surface area contributed by atoms with E-state index in [1.807, 2.05) is 30.3 Å². The smallest absolute Gasteiger partial charge is 0.189 e. The van der Waals surface area contributed by atoms with Crippen LogP contribution in [0.1, 0.15) is 21.5 Å². The standard InChI is InChI=1S/C16H11BrO2/c17-14-6-2-1-4-10(14)8-11-9-13-12(16(11)19)5-3-7-15(13)18/h1-8,18H,9H2/b11-8+. The first-order valence-corrected chi connectivity index (χ1v) is 6.77. The number of rotatable bonds is 1. The van der Waals surface area contributed by atoms with Gasteiger partial charge in [-0.15, -0.1) is 0 Å². The maximum atomic E-state index is 12.3. The molecule has 0 amide bonds. The summed E-state index contributed by atoms with van der Waals surface area (Å²) in [5.41, 5.74) is 3.02. The number of hydrogen-bond acceptors (Lipinski definition) is 2. The second kappa shape index (κ2) is 4.67. The monoisotopic (exact) mass is 314 g/mol. The third kappa shape index (κ3) is 2.10. The lowest BCUT2D eigenvalue weighted by Crippen LogP contribution is -1.95. The first-order chi connectivity index (χ1) is 9.16. The van der Waals surface area contributed by atoms with Crippen LogP contribution in [0.2, 0.25) is 0 Å². The van der Waals surface area contributed by atoms with Gasteiger partial charge in [-0.1, -0.05) is 46.3 Å². The molecule has 3 rings (SSSR count). The minimum absolute atomic E-state index is 0.00153. The number of phenols is 1. The number of hydrogen-bond donors (Lipinski definition) is 1. The van der Waals surface area contributed by atoms with Crippen LogP contribution in [0.3, 0.4) is 0 Å². The lowest BCUT2D eigenvalue weighted by molar-refractivity contribution is 0.104. The molecule has 3 heteroatoms. The summed E-state index contributed by atoms with van der Waals surface area (Å²) in [5.74, 6) is 0.197. The topological polar surface area (TPSA) is 37.3 Å². The quantitative estimate of drug-likeness (QED) is 0.808. The van der Waals surface area contributed by atoms with Crippen molar-refractivity contribution in [2.75, 3.05) is 0 Å². The minimum atomic E-state index is 0.00153. The third-order valence-electron chi connectivity index (χ3n) is 3.29. The molecule has 0 atom stereocenters. The van der Waals surface area contributed by atoms with Crippen LogP contribution >= 0.6 is 15.9 Å². The second-order valence-electron chi connectivity index (χ2n) is 4.50. The zero-order valence-corrected chi connectivity index (χ0v) is 11.6. The van der Waals surface area contributed by atoms with Crippen molar-refractivity contribution >= 4 is 27.8 Å². The van der Waals surface area contributed by atoms with Gasteiger partial charge in [-0.3, -0.25) is 4.79 Å². The highest BCUT2D eigenvalue weighted by Gasteiger charge is 2.26. The molecule has 0 saturated heterocycles. The number of benzene rings is 2. The van der Waals surface area contributed by atoms with Crippen molar-refractivity contribution < 1.29 is 9.90 Å². The van der Waals surface area contributed by atoms with Crippen LogP contribution < -0.4 is 0 Å². The van der Waals surface area contributed by atoms with Crippen molar-refractivity contribution in [2.24, 2.45) is 0 Å². The Morgan fingerprint density at radius 2 is 1.89 bits per heavy atom. The number of fused-ring (bicyclic) bond motifs is 1. The highest BCUT2D eigenvalue weighted by atomic mass is 79.9. The molecule has 0 unspecified atom stereocenters. The van der Waals surface area contributed by atoms with Gasteiger partial charge in [0.25, 0.3) is 0 Å². The molecular formula is C16H11BrO2. The predicted octanol–water partition coefficient (Wildman–Crippen LogP) is 3.98. The molecule has 19 heavy (non-hydrogen) atoms. The zero-order valence-electron chi connectivity index (χ0n) is 10.1. The van der Waals surface area contributed by atoms with E-state index < -0.39 is 0 Å². The van der Waals surface area contributed by atoms with E-state index in [2.05, 4.69) is 15.9 Å². The molecule has 2 aromatic carbocycles. The van der Waals surface area contributed by atoms with Crippen LogP contribution in [0, 0.1) is 0 Å². The Morgan fingerprint density at radius 1 is 1.11 bits per heavy atom. The van der Waals surface area contributed by atoms with Gasteiger partial charge in [-0.2, -0.15) is 0 Å². The van der Waals surface area contributed by atoms with Crippen LogP contribution in [-0.2, 0) is 6.42 Å². The average molecular weight is 315 g/mol. The maximum absolute atomic E-state index is 12.3. The summed E-state index contributed by atoms with van der Waals surface area (Å²) < 4.78 is 0.954. The summed E-state index contributed by atoms with van der Waals surface area (Å²) in [7, 11) is 0. The molecule has 0 spiro atoms. The Morgan fingerprint density at radius 3 is 2.63 bits per heavy atom. The first-order valence-electron chi connectivity index (χ1n) is 5.97. The summed E-state index contributed by atoms with van der Waals surface area (Å²) in [5, 5.41) is 9.80. The van der Waals surface area contributed by atoms with E-state index >= 15 is 0 Å². The van der Waals surface area contributed by atoms with Gasteiger partial charge in [-0.25, -0.2) is 0 Å². The van der Waals surface area contributed by atoms with Gasteiger partial charge in [-0.05, 0) is 23.8 Å². The number of aromatic hydroxyl groups is 1. The van der Waals surface area contributed by atoms with Gasteiger partial charge >= 0.3 is 0 Å². The van der Waals surface area contributed by atoms with Gasteiger partial charge in [0.1, 0.15) is 5.75 Å². The van der Waals surface area contributed by atoms with Crippen molar-refractivity contribution in [3.05, 3.63) is 69.2 Å². The second-order valence-corrected chi connectivity index (χ2v) is 5.35. The zero-order chi connectivity index (χ0) is 13.4. The highest BCUT2D eigenvalue weighted by molar-refractivity contribution is 9.10. The van der Waals surface area contributed by atoms with Crippen molar-refractivity contribution in [2.45, 2.75) is 6.42 Å². The van der Waals surface area contributed by atoms with Crippen molar-refractivity contribution in [3.63, 3.8) is 0 Å². The number of phenolic OH excluding ortho intramolecular Hbond substituents is 1. The van der Waals surface area contributed by atoms with Crippen LogP contribution in [0.25, 0.3) is 6.08 Å². The summed E-state index contributed by atoms with van der Waals surface area (Å²) in [4.78, 5) is 12.3. The first kappa shape index (κ1) is 12.2. The Kier molecular flexibility index (Phi) is 2.99. The molecule has 0 fully saturated rings. The van der Waals surface area contributed by atoms with E-state index in [-0.39, 0.29) is 11.5 Å². The largest absolute Gasteiger partial charge is 0.508 e. The molecule has 1 aliphatic carbocycles. The Bertz CT molecular complexity index is 702. The molecule has 0 heterocycles. The van der Waals surface area contributed by atoms with Crippen LogP contribution in [-0.4, -0.2) is 10.9 Å². The number of carbonyl (C=O) groups is 1. The molecule has 1 N–H and O–H groups in total. The Labute approximate surface area is 119 Å². The lowest BCUT2D eigenvalue weighted by atomic mass is 10.1. The van der Waals surface area contributed by atoms with E-state index in [1.54, 1.807) is 18.2 Å². The number of Topliss-reactive ketones (excluding diaryl/α,β-unsaturated/α-hetero) is 1. The molecular weight excluding hydrogens is 304 g/mol. The number of carbonyl (C=O) groups excluding carboxylic acids is 1. The van der Waals surface area contributed by atoms with Crippen molar-refractivity contribution in [3.8, 4) is 5.75 Å². The highest BCUT2D eigenvalue weighted by Crippen LogP contribution is 2.34. The fourth-order valence-corrected chi connectivity index (χ4v) is 2.71. The van der Waals surface area contributed by atoms with Crippen LogP contribution in [0.5, 0.6) is 5.75 Å². The molecule has 2 nitrogen and oxygen atoms in total. The molecule has 2 aromatic rings. The van der Waals surface area contributed by atoms with Gasteiger partial charge in [0.05, 0.1) is 0 Å².